The van der Waals surface area contributed by atoms with Gasteiger partial charge in [0.25, 0.3) is 0 Å². The summed E-state index contributed by atoms with van der Waals surface area (Å²) in [4.78, 5) is 22.3. The van der Waals surface area contributed by atoms with Gasteiger partial charge in [-0.1, -0.05) is 27.2 Å². The van der Waals surface area contributed by atoms with Crippen molar-refractivity contribution in [2.75, 3.05) is 0 Å². The molecule has 17 heavy (non-hydrogen) atoms. The topological polar surface area (TPSA) is 66.4 Å². The molecule has 4 heteroatoms. The Bertz CT molecular complexity index is 299. The molecule has 4 nitrogen and oxygen atoms in total. The second kappa shape index (κ2) is 5.52. The van der Waals surface area contributed by atoms with Gasteiger partial charge in [0.2, 0.25) is 5.91 Å². The van der Waals surface area contributed by atoms with E-state index in [0.717, 1.165) is 19.3 Å². The summed E-state index contributed by atoms with van der Waals surface area (Å²) in [6, 6.07) is 0.243. The molecule has 0 radical (unpaired) electrons. The summed E-state index contributed by atoms with van der Waals surface area (Å²) in [6.45, 7) is 6.14. The Morgan fingerprint density at radius 3 is 2.53 bits per heavy atom. The van der Waals surface area contributed by atoms with Crippen molar-refractivity contribution in [3.8, 4) is 0 Å². The number of carbonyl (C=O) groups is 2. The lowest BCUT2D eigenvalue weighted by Crippen LogP contribution is -2.42. The first kappa shape index (κ1) is 14.0. The first-order chi connectivity index (χ1) is 7.81. The van der Waals surface area contributed by atoms with Crippen LogP contribution < -0.4 is 5.32 Å². The molecule has 1 saturated carbocycles. The van der Waals surface area contributed by atoms with Gasteiger partial charge >= 0.3 is 5.97 Å². The normalized spacial score (nSPS) is 24.3. The highest BCUT2D eigenvalue weighted by Gasteiger charge is 2.35. The molecule has 1 rings (SSSR count). The summed E-state index contributed by atoms with van der Waals surface area (Å²) in [5.74, 6) is -0.956. The lowest BCUT2D eigenvalue weighted by Gasteiger charge is -2.28. The van der Waals surface area contributed by atoms with Crippen molar-refractivity contribution in [1.82, 2.24) is 5.32 Å². The molecule has 2 unspecified atom stereocenters. The molecule has 1 aliphatic carbocycles. The van der Waals surface area contributed by atoms with E-state index in [1.54, 1.807) is 6.92 Å². The Morgan fingerprint density at radius 1 is 1.41 bits per heavy atom. The lowest BCUT2D eigenvalue weighted by molar-refractivity contribution is -0.138. The molecule has 0 aromatic carbocycles. The van der Waals surface area contributed by atoms with E-state index in [-0.39, 0.29) is 29.7 Å². The Labute approximate surface area is 103 Å². The molecule has 2 atom stereocenters. The summed E-state index contributed by atoms with van der Waals surface area (Å²) in [6.07, 6.45) is 3.69. The van der Waals surface area contributed by atoms with E-state index in [1.165, 1.54) is 0 Å². The Morgan fingerprint density at radius 2 is 2.06 bits per heavy atom. The first-order valence-corrected chi connectivity index (χ1v) is 6.32. The molecular weight excluding hydrogens is 218 g/mol. The zero-order chi connectivity index (χ0) is 13.1. The van der Waals surface area contributed by atoms with Gasteiger partial charge in [-0.2, -0.15) is 0 Å². The minimum Gasteiger partial charge on any atom is -0.481 e. The molecule has 1 fully saturated rings. The van der Waals surface area contributed by atoms with Crippen molar-refractivity contribution in [2.45, 2.75) is 58.9 Å². The summed E-state index contributed by atoms with van der Waals surface area (Å²) in [5, 5.41) is 11.7. The van der Waals surface area contributed by atoms with Gasteiger partial charge in [-0.15, -0.1) is 0 Å². The number of carboxylic acids is 1. The van der Waals surface area contributed by atoms with E-state index < -0.39 is 5.97 Å². The zero-order valence-corrected chi connectivity index (χ0v) is 11.0. The minimum atomic E-state index is -0.841. The Balaban J connectivity index is 2.37. The number of amides is 1. The molecule has 1 aliphatic rings. The lowest BCUT2D eigenvalue weighted by atomic mass is 9.87. The van der Waals surface area contributed by atoms with E-state index >= 15 is 0 Å². The molecule has 0 bridgehead atoms. The summed E-state index contributed by atoms with van der Waals surface area (Å²) >= 11 is 0. The van der Waals surface area contributed by atoms with Crippen molar-refractivity contribution < 1.29 is 14.7 Å². The number of hydrogen-bond acceptors (Lipinski definition) is 2. The van der Waals surface area contributed by atoms with Crippen LogP contribution in [-0.4, -0.2) is 23.0 Å². The first-order valence-electron chi connectivity index (χ1n) is 6.32. The van der Waals surface area contributed by atoms with Gasteiger partial charge in [0.15, 0.2) is 0 Å². The maximum atomic E-state index is 11.8. The smallest absolute Gasteiger partial charge is 0.303 e. The third-order valence-corrected chi connectivity index (χ3v) is 3.65. The van der Waals surface area contributed by atoms with Gasteiger partial charge in [0.05, 0.1) is 0 Å². The molecule has 0 aromatic heterocycles. The van der Waals surface area contributed by atoms with Crippen LogP contribution in [0.4, 0.5) is 0 Å². The number of carboxylic acid groups (broad SMARTS) is 1. The van der Waals surface area contributed by atoms with Crippen LogP contribution in [0.5, 0.6) is 0 Å². The fraction of sp³-hybridized carbons (Fsp3) is 0.846. The quantitative estimate of drug-likeness (QED) is 0.775. The van der Waals surface area contributed by atoms with Gasteiger partial charge in [0, 0.05) is 18.9 Å². The van der Waals surface area contributed by atoms with Crippen LogP contribution in [-0.2, 0) is 9.59 Å². The predicted octanol–water partition coefficient (Wildman–Crippen LogP) is 2.18. The van der Waals surface area contributed by atoms with Crippen LogP contribution in [0.1, 0.15) is 52.9 Å². The molecular formula is C13H23NO3. The predicted molar refractivity (Wildman–Crippen MR) is 65.6 cm³/mol. The van der Waals surface area contributed by atoms with Gasteiger partial charge < -0.3 is 10.4 Å². The van der Waals surface area contributed by atoms with E-state index in [2.05, 4.69) is 19.2 Å². The standard InChI is InChI=1S/C13H23NO3/c1-9(8-12(16)17)7-11(15)14-10-5-4-6-13(10,2)3/h9-10H,4-8H2,1-3H3,(H,14,15)(H,16,17). The second-order valence-electron chi connectivity index (χ2n) is 5.91. The second-order valence-corrected chi connectivity index (χ2v) is 5.91. The average molecular weight is 241 g/mol. The third-order valence-electron chi connectivity index (χ3n) is 3.65. The van der Waals surface area contributed by atoms with Gasteiger partial charge in [-0.05, 0) is 24.2 Å². The van der Waals surface area contributed by atoms with Crippen LogP contribution in [0.15, 0.2) is 0 Å². The monoisotopic (exact) mass is 241 g/mol. The largest absolute Gasteiger partial charge is 0.481 e. The molecule has 0 heterocycles. The van der Waals surface area contributed by atoms with E-state index in [0.29, 0.717) is 6.42 Å². The SMILES string of the molecule is CC(CC(=O)O)CC(=O)NC1CCCC1(C)C. The van der Waals surface area contributed by atoms with Crippen LogP contribution in [0.25, 0.3) is 0 Å². The van der Waals surface area contributed by atoms with Crippen molar-refractivity contribution in [1.29, 1.82) is 0 Å². The molecule has 0 saturated heterocycles. The van der Waals surface area contributed by atoms with Crippen LogP contribution >= 0.6 is 0 Å². The number of hydrogen-bond donors (Lipinski definition) is 2. The van der Waals surface area contributed by atoms with E-state index in [9.17, 15) is 9.59 Å². The molecule has 0 aliphatic heterocycles. The minimum absolute atomic E-state index is 0.0151. The highest BCUT2D eigenvalue weighted by molar-refractivity contribution is 5.77. The van der Waals surface area contributed by atoms with Crippen molar-refractivity contribution in [3.63, 3.8) is 0 Å². The fourth-order valence-electron chi connectivity index (χ4n) is 2.53. The summed E-state index contributed by atoms with van der Waals surface area (Å²) < 4.78 is 0. The highest BCUT2D eigenvalue weighted by atomic mass is 16.4. The third kappa shape index (κ3) is 4.36. The number of carbonyl (C=O) groups excluding carboxylic acids is 1. The van der Waals surface area contributed by atoms with Gasteiger partial charge in [0.1, 0.15) is 0 Å². The van der Waals surface area contributed by atoms with Crippen LogP contribution in [0.3, 0.4) is 0 Å². The Hall–Kier alpha value is -1.06. The highest BCUT2D eigenvalue weighted by Crippen LogP contribution is 2.37. The number of rotatable bonds is 5. The molecule has 98 valence electrons. The average Bonchev–Trinajstić information content (AvgIpc) is 2.43. The Kier molecular flexibility index (Phi) is 4.54. The molecule has 2 N–H and O–H groups in total. The fourth-order valence-corrected chi connectivity index (χ4v) is 2.53. The zero-order valence-electron chi connectivity index (χ0n) is 11.0. The maximum absolute atomic E-state index is 11.8. The van der Waals surface area contributed by atoms with Crippen molar-refractivity contribution >= 4 is 11.9 Å². The van der Waals surface area contributed by atoms with E-state index in [1.807, 2.05) is 0 Å². The maximum Gasteiger partial charge on any atom is 0.303 e. The van der Waals surface area contributed by atoms with Gasteiger partial charge in [-0.3, -0.25) is 9.59 Å². The molecule has 0 aromatic rings. The van der Waals surface area contributed by atoms with Crippen LogP contribution in [0, 0.1) is 11.3 Å². The number of aliphatic carboxylic acids is 1. The van der Waals surface area contributed by atoms with Crippen molar-refractivity contribution in [3.05, 3.63) is 0 Å². The number of nitrogens with one attached hydrogen (secondary N) is 1. The summed E-state index contributed by atoms with van der Waals surface area (Å²) in [7, 11) is 0. The van der Waals surface area contributed by atoms with Crippen molar-refractivity contribution in [2.24, 2.45) is 11.3 Å². The molecule has 0 spiro atoms. The van der Waals surface area contributed by atoms with E-state index in [4.69, 9.17) is 5.11 Å². The molecule has 1 amide bonds. The van der Waals surface area contributed by atoms with Gasteiger partial charge in [-0.25, -0.2) is 0 Å². The van der Waals surface area contributed by atoms with Crippen LogP contribution in [0.2, 0.25) is 0 Å². The summed E-state index contributed by atoms with van der Waals surface area (Å²) in [5.41, 5.74) is 0.172.